The Balaban J connectivity index is 1.39. The van der Waals surface area contributed by atoms with Gasteiger partial charge >= 0.3 is 6.03 Å². The van der Waals surface area contributed by atoms with E-state index < -0.39 is 5.54 Å². The molecular formula is C21H26N4O2S. The number of benzene rings is 1. The van der Waals surface area contributed by atoms with Gasteiger partial charge in [-0.25, -0.2) is 9.69 Å². The lowest BCUT2D eigenvalue weighted by atomic mass is 9.87. The third-order valence-electron chi connectivity index (χ3n) is 5.77. The van der Waals surface area contributed by atoms with E-state index in [0.717, 1.165) is 38.3 Å². The van der Waals surface area contributed by atoms with Gasteiger partial charge in [0.05, 0.1) is 6.67 Å². The first-order valence-electron chi connectivity index (χ1n) is 9.78. The second kappa shape index (κ2) is 8.03. The van der Waals surface area contributed by atoms with Crippen LogP contribution < -0.4 is 5.32 Å². The van der Waals surface area contributed by atoms with Gasteiger partial charge in [0.2, 0.25) is 0 Å². The van der Waals surface area contributed by atoms with Crippen LogP contribution in [0.1, 0.15) is 24.5 Å². The highest BCUT2D eigenvalue weighted by atomic mass is 32.1. The van der Waals surface area contributed by atoms with Crippen LogP contribution in [0.25, 0.3) is 0 Å². The predicted molar refractivity (Wildman–Crippen MR) is 110 cm³/mol. The molecule has 1 atom stereocenters. The lowest BCUT2D eigenvalue weighted by molar-refractivity contribution is -0.133. The number of rotatable bonds is 6. The van der Waals surface area contributed by atoms with Crippen LogP contribution in [-0.2, 0) is 16.9 Å². The van der Waals surface area contributed by atoms with Gasteiger partial charge in [-0.1, -0.05) is 37.3 Å². The van der Waals surface area contributed by atoms with Gasteiger partial charge in [0.15, 0.2) is 0 Å². The Morgan fingerprint density at radius 2 is 1.75 bits per heavy atom. The molecule has 1 aromatic carbocycles. The molecule has 6 nitrogen and oxygen atoms in total. The molecule has 1 aromatic heterocycles. The van der Waals surface area contributed by atoms with E-state index >= 15 is 0 Å². The standard InChI is InChI=1S/C21H26N4O2S/c1-2-21(18-6-4-3-5-7-18)19(26)25(20(27)22-21)16-24-11-9-23(10-12-24)14-17-8-13-28-15-17/h3-8,13,15H,2,9-12,14,16H2,1H3,(H,22,27)/t21-/m1/s1. The maximum absolute atomic E-state index is 13.2. The first-order chi connectivity index (χ1) is 13.6. The minimum atomic E-state index is -0.945. The lowest BCUT2D eigenvalue weighted by Crippen LogP contribution is -2.51. The summed E-state index contributed by atoms with van der Waals surface area (Å²) in [6.07, 6.45) is 0.534. The summed E-state index contributed by atoms with van der Waals surface area (Å²) in [4.78, 5) is 31.9. The van der Waals surface area contributed by atoms with E-state index in [4.69, 9.17) is 0 Å². The van der Waals surface area contributed by atoms with E-state index in [-0.39, 0.29) is 11.9 Å². The fraction of sp³-hybridized carbons (Fsp3) is 0.429. The molecule has 0 saturated carbocycles. The number of piperazine rings is 1. The lowest BCUT2D eigenvalue weighted by Gasteiger charge is -2.36. The van der Waals surface area contributed by atoms with Crippen molar-refractivity contribution in [3.8, 4) is 0 Å². The van der Waals surface area contributed by atoms with Gasteiger partial charge < -0.3 is 5.32 Å². The highest BCUT2D eigenvalue weighted by molar-refractivity contribution is 7.07. The molecule has 0 aliphatic carbocycles. The third-order valence-corrected chi connectivity index (χ3v) is 6.50. The average Bonchev–Trinajstić information content (AvgIpc) is 3.32. The summed E-state index contributed by atoms with van der Waals surface area (Å²) in [5, 5.41) is 7.26. The number of carbonyl (C=O) groups excluding carboxylic acids is 2. The smallest absolute Gasteiger partial charge is 0.319 e. The van der Waals surface area contributed by atoms with Crippen LogP contribution >= 0.6 is 11.3 Å². The van der Waals surface area contributed by atoms with Crippen LogP contribution in [0, 0.1) is 0 Å². The Bertz CT molecular complexity index is 818. The monoisotopic (exact) mass is 398 g/mol. The molecule has 7 heteroatoms. The summed E-state index contributed by atoms with van der Waals surface area (Å²) in [5.74, 6) is -0.146. The Morgan fingerprint density at radius 3 is 2.39 bits per heavy atom. The molecule has 2 saturated heterocycles. The second-order valence-corrected chi connectivity index (χ2v) is 8.24. The van der Waals surface area contributed by atoms with Gasteiger partial charge in [0.1, 0.15) is 5.54 Å². The van der Waals surface area contributed by atoms with Crippen molar-refractivity contribution >= 4 is 23.3 Å². The average molecular weight is 399 g/mol. The molecule has 28 heavy (non-hydrogen) atoms. The van der Waals surface area contributed by atoms with E-state index in [9.17, 15) is 9.59 Å². The van der Waals surface area contributed by atoms with E-state index in [1.807, 2.05) is 37.3 Å². The maximum atomic E-state index is 13.2. The first-order valence-corrected chi connectivity index (χ1v) is 10.7. The third kappa shape index (κ3) is 3.57. The van der Waals surface area contributed by atoms with Crippen LogP contribution in [0.5, 0.6) is 0 Å². The van der Waals surface area contributed by atoms with Crippen molar-refractivity contribution in [1.82, 2.24) is 20.0 Å². The molecule has 0 bridgehead atoms. The zero-order chi connectivity index (χ0) is 19.6. The molecule has 148 valence electrons. The number of hydrogen-bond donors (Lipinski definition) is 1. The number of amides is 3. The van der Waals surface area contributed by atoms with Crippen LogP contribution in [0.4, 0.5) is 4.79 Å². The summed E-state index contributed by atoms with van der Waals surface area (Å²) in [7, 11) is 0. The Kier molecular flexibility index (Phi) is 5.48. The summed E-state index contributed by atoms with van der Waals surface area (Å²) in [5.41, 5.74) is 1.25. The molecule has 2 aliphatic heterocycles. The van der Waals surface area contributed by atoms with Crippen LogP contribution in [0.15, 0.2) is 47.2 Å². The van der Waals surface area contributed by atoms with Gasteiger partial charge in [0.25, 0.3) is 5.91 Å². The Hall–Kier alpha value is -2.22. The van der Waals surface area contributed by atoms with Gasteiger partial charge in [-0.15, -0.1) is 0 Å². The quantitative estimate of drug-likeness (QED) is 0.760. The van der Waals surface area contributed by atoms with Gasteiger partial charge in [-0.3, -0.25) is 14.6 Å². The topological polar surface area (TPSA) is 55.9 Å². The fourth-order valence-electron chi connectivity index (χ4n) is 4.05. The van der Waals surface area contributed by atoms with Crippen molar-refractivity contribution in [2.24, 2.45) is 0 Å². The summed E-state index contributed by atoms with van der Waals surface area (Å²) >= 11 is 1.72. The normalized spacial score (nSPS) is 24.0. The first kappa shape index (κ1) is 19.1. The molecule has 2 fully saturated rings. The second-order valence-electron chi connectivity index (χ2n) is 7.46. The van der Waals surface area contributed by atoms with Crippen molar-refractivity contribution in [1.29, 1.82) is 0 Å². The van der Waals surface area contributed by atoms with Crippen molar-refractivity contribution in [3.63, 3.8) is 0 Å². The SMILES string of the molecule is CC[C@]1(c2ccccc2)NC(=O)N(CN2CCN(Cc3ccsc3)CC2)C1=O. The minimum Gasteiger partial charge on any atom is -0.319 e. The van der Waals surface area contributed by atoms with Crippen molar-refractivity contribution in [2.75, 3.05) is 32.8 Å². The molecule has 0 spiro atoms. The van der Waals surface area contributed by atoms with Crippen molar-refractivity contribution in [2.45, 2.75) is 25.4 Å². The summed E-state index contributed by atoms with van der Waals surface area (Å²) in [6.45, 7) is 6.85. The maximum Gasteiger partial charge on any atom is 0.326 e. The van der Waals surface area contributed by atoms with Gasteiger partial charge in [-0.05, 0) is 34.4 Å². The Morgan fingerprint density at radius 1 is 1.04 bits per heavy atom. The predicted octanol–water partition coefficient (Wildman–Crippen LogP) is 2.68. The molecule has 0 unspecified atom stereocenters. The summed E-state index contributed by atoms with van der Waals surface area (Å²) < 4.78 is 0. The van der Waals surface area contributed by atoms with Crippen LogP contribution in [-0.4, -0.2) is 59.5 Å². The molecular weight excluding hydrogens is 372 g/mol. The number of carbonyl (C=O) groups is 2. The molecule has 1 N–H and O–H groups in total. The number of thiophene rings is 1. The van der Waals surface area contributed by atoms with E-state index in [1.54, 1.807) is 11.3 Å². The van der Waals surface area contributed by atoms with Gasteiger partial charge in [-0.2, -0.15) is 11.3 Å². The minimum absolute atomic E-state index is 0.146. The molecule has 2 aliphatic rings. The molecule has 3 heterocycles. The van der Waals surface area contributed by atoms with Crippen LogP contribution in [0.3, 0.4) is 0 Å². The zero-order valence-electron chi connectivity index (χ0n) is 16.1. The molecule has 3 amide bonds. The molecule has 0 radical (unpaired) electrons. The van der Waals surface area contributed by atoms with Crippen LogP contribution in [0.2, 0.25) is 0 Å². The van der Waals surface area contributed by atoms with E-state index in [2.05, 4.69) is 31.9 Å². The van der Waals surface area contributed by atoms with Crippen molar-refractivity contribution in [3.05, 3.63) is 58.3 Å². The summed E-state index contributed by atoms with van der Waals surface area (Å²) in [6, 6.07) is 11.4. The molecule has 4 rings (SSSR count). The molecule has 2 aromatic rings. The van der Waals surface area contributed by atoms with E-state index in [0.29, 0.717) is 13.1 Å². The fourth-order valence-corrected chi connectivity index (χ4v) is 4.71. The van der Waals surface area contributed by atoms with Crippen molar-refractivity contribution < 1.29 is 9.59 Å². The van der Waals surface area contributed by atoms with Gasteiger partial charge in [0, 0.05) is 32.7 Å². The highest BCUT2D eigenvalue weighted by Gasteiger charge is 2.51. The van der Waals surface area contributed by atoms with E-state index in [1.165, 1.54) is 10.5 Å². The number of nitrogens with one attached hydrogen (secondary N) is 1. The largest absolute Gasteiger partial charge is 0.326 e. The zero-order valence-corrected chi connectivity index (χ0v) is 17.0. The number of urea groups is 1. The number of nitrogens with zero attached hydrogens (tertiary/aromatic N) is 3. The highest BCUT2D eigenvalue weighted by Crippen LogP contribution is 2.32. The number of hydrogen-bond acceptors (Lipinski definition) is 5. The Labute approximate surface area is 169 Å². The number of imide groups is 1.